The number of aromatic nitrogens is 2. The summed E-state index contributed by atoms with van der Waals surface area (Å²) in [6, 6.07) is 8.71. The van der Waals surface area contributed by atoms with Crippen molar-refractivity contribution in [3.8, 4) is 0 Å². The van der Waals surface area contributed by atoms with E-state index in [4.69, 9.17) is 11.6 Å². The molecule has 2 aromatic rings. The Morgan fingerprint density at radius 1 is 1.11 bits per heavy atom. The lowest BCUT2D eigenvalue weighted by Crippen LogP contribution is -2.00. The first-order chi connectivity index (χ1) is 8.56. The molecule has 0 radical (unpaired) electrons. The van der Waals surface area contributed by atoms with Gasteiger partial charge in [-0.3, -0.25) is 4.68 Å². The van der Waals surface area contributed by atoms with Crippen LogP contribution in [0.1, 0.15) is 48.8 Å². The van der Waals surface area contributed by atoms with Crippen molar-refractivity contribution in [2.75, 3.05) is 0 Å². The van der Waals surface area contributed by atoms with Gasteiger partial charge in [0, 0.05) is 11.8 Å². The molecular formula is C15H19ClN2. The summed E-state index contributed by atoms with van der Waals surface area (Å²) in [5, 5.41) is 4.34. The van der Waals surface area contributed by atoms with Gasteiger partial charge in [0.25, 0.3) is 0 Å². The maximum atomic E-state index is 6.02. The standard InChI is InChI=1S/C15H19ClN2/c1-11(2)14-6-4-13(5-7-14)9-18-10-15(8-17-18)12(3)16/h4-8,10-12H,9H2,1-3H3. The molecule has 1 unspecified atom stereocenters. The van der Waals surface area contributed by atoms with E-state index in [1.54, 1.807) is 0 Å². The normalized spacial score (nSPS) is 12.9. The molecule has 0 bridgehead atoms. The molecule has 0 saturated heterocycles. The fraction of sp³-hybridized carbons (Fsp3) is 0.400. The van der Waals surface area contributed by atoms with Crippen molar-refractivity contribution < 1.29 is 0 Å². The Balaban J connectivity index is 2.08. The van der Waals surface area contributed by atoms with Crippen LogP contribution in [-0.2, 0) is 6.54 Å². The van der Waals surface area contributed by atoms with Gasteiger partial charge in [0.1, 0.15) is 0 Å². The Labute approximate surface area is 114 Å². The van der Waals surface area contributed by atoms with Crippen molar-refractivity contribution in [1.29, 1.82) is 0 Å². The zero-order valence-corrected chi connectivity index (χ0v) is 11.9. The summed E-state index contributed by atoms with van der Waals surface area (Å²) < 4.78 is 1.93. The molecule has 0 N–H and O–H groups in total. The maximum Gasteiger partial charge on any atom is 0.0659 e. The predicted octanol–water partition coefficient (Wildman–Crippen LogP) is 4.35. The average molecular weight is 263 g/mol. The number of rotatable bonds is 4. The van der Waals surface area contributed by atoms with Gasteiger partial charge >= 0.3 is 0 Å². The van der Waals surface area contributed by atoms with Gasteiger partial charge in [0.05, 0.1) is 18.1 Å². The molecule has 96 valence electrons. The first-order valence-corrected chi connectivity index (χ1v) is 6.75. The second-order valence-electron chi connectivity index (χ2n) is 4.98. The lowest BCUT2D eigenvalue weighted by Gasteiger charge is -2.07. The number of halogens is 1. The summed E-state index contributed by atoms with van der Waals surface area (Å²) >= 11 is 6.02. The van der Waals surface area contributed by atoms with Crippen LogP contribution in [0.4, 0.5) is 0 Å². The number of benzene rings is 1. The van der Waals surface area contributed by atoms with Crippen LogP contribution in [-0.4, -0.2) is 9.78 Å². The average Bonchev–Trinajstić information content (AvgIpc) is 2.78. The van der Waals surface area contributed by atoms with Crippen molar-refractivity contribution in [1.82, 2.24) is 9.78 Å². The molecule has 0 amide bonds. The summed E-state index contributed by atoms with van der Waals surface area (Å²) in [5.74, 6) is 0.576. The van der Waals surface area contributed by atoms with Gasteiger partial charge in [0.2, 0.25) is 0 Å². The quantitative estimate of drug-likeness (QED) is 0.749. The Bertz CT molecular complexity index is 497. The molecule has 1 aromatic carbocycles. The highest BCUT2D eigenvalue weighted by atomic mass is 35.5. The smallest absolute Gasteiger partial charge is 0.0659 e. The maximum absolute atomic E-state index is 6.02. The minimum atomic E-state index is 0.0158. The summed E-state index contributed by atoms with van der Waals surface area (Å²) in [5.41, 5.74) is 3.70. The highest BCUT2D eigenvalue weighted by Crippen LogP contribution is 2.19. The Morgan fingerprint density at radius 3 is 2.28 bits per heavy atom. The number of hydrogen-bond donors (Lipinski definition) is 0. The summed E-state index contributed by atoms with van der Waals surface area (Å²) in [6.45, 7) is 7.16. The van der Waals surface area contributed by atoms with Crippen LogP contribution < -0.4 is 0 Å². The minimum absolute atomic E-state index is 0.0158. The van der Waals surface area contributed by atoms with E-state index in [1.165, 1.54) is 11.1 Å². The minimum Gasteiger partial charge on any atom is -0.268 e. The lowest BCUT2D eigenvalue weighted by molar-refractivity contribution is 0.685. The molecule has 2 nitrogen and oxygen atoms in total. The van der Waals surface area contributed by atoms with E-state index in [2.05, 4.69) is 43.2 Å². The summed E-state index contributed by atoms with van der Waals surface area (Å²) in [7, 11) is 0. The number of hydrogen-bond acceptors (Lipinski definition) is 1. The molecule has 0 saturated carbocycles. The van der Waals surface area contributed by atoms with Crippen molar-refractivity contribution in [3.63, 3.8) is 0 Å². The molecular weight excluding hydrogens is 244 g/mol. The van der Waals surface area contributed by atoms with E-state index >= 15 is 0 Å². The van der Waals surface area contributed by atoms with Gasteiger partial charge in [0.15, 0.2) is 0 Å². The third-order valence-corrected chi connectivity index (χ3v) is 3.36. The Hall–Kier alpha value is -1.28. The first-order valence-electron chi connectivity index (χ1n) is 6.31. The third kappa shape index (κ3) is 3.14. The van der Waals surface area contributed by atoms with Gasteiger partial charge in [-0.25, -0.2) is 0 Å². The number of nitrogens with zero attached hydrogens (tertiary/aromatic N) is 2. The highest BCUT2D eigenvalue weighted by Gasteiger charge is 2.05. The van der Waals surface area contributed by atoms with Crippen molar-refractivity contribution in [2.45, 2.75) is 38.6 Å². The Kier molecular flexibility index (Phi) is 4.07. The topological polar surface area (TPSA) is 17.8 Å². The molecule has 1 heterocycles. The SMILES string of the molecule is CC(C)c1ccc(Cn2cc(C(C)Cl)cn2)cc1. The van der Waals surface area contributed by atoms with Crippen molar-refractivity contribution >= 4 is 11.6 Å². The van der Waals surface area contributed by atoms with Crippen LogP contribution in [0.2, 0.25) is 0 Å². The van der Waals surface area contributed by atoms with E-state index < -0.39 is 0 Å². The van der Waals surface area contributed by atoms with E-state index in [0.717, 1.165) is 12.1 Å². The molecule has 0 aliphatic heterocycles. The largest absolute Gasteiger partial charge is 0.268 e. The van der Waals surface area contributed by atoms with Crippen LogP contribution in [0.5, 0.6) is 0 Å². The lowest BCUT2D eigenvalue weighted by atomic mass is 10.0. The Morgan fingerprint density at radius 2 is 1.78 bits per heavy atom. The fourth-order valence-electron chi connectivity index (χ4n) is 1.87. The van der Waals surface area contributed by atoms with Gasteiger partial charge in [-0.15, -0.1) is 11.6 Å². The second kappa shape index (κ2) is 5.57. The molecule has 0 fully saturated rings. The summed E-state index contributed by atoms with van der Waals surface area (Å²) in [4.78, 5) is 0. The first kappa shape index (κ1) is 13.2. The van der Waals surface area contributed by atoms with Crippen LogP contribution in [0.15, 0.2) is 36.7 Å². The molecule has 1 atom stereocenters. The van der Waals surface area contributed by atoms with Crippen molar-refractivity contribution in [3.05, 3.63) is 53.3 Å². The van der Waals surface area contributed by atoms with Gasteiger partial charge < -0.3 is 0 Å². The van der Waals surface area contributed by atoms with E-state index in [-0.39, 0.29) is 5.38 Å². The van der Waals surface area contributed by atoms with Gasteiger partial charge in [-0.2, -0.15) is 5.10 Å². The van der Waals surface area contributed by atoms with Crippen LogP contribution >= 0.6 is 11.6 Å². The third-order valence-electron chi connectivity index (χ3n) is 3.10. The monoisotopic (exact) mass is 262 g/mol. The van der Waals surface area contributed by atoms with E-state index in [1.807, 2.05) is 24.0 Å². The second-order valence-corrected chi connectivity index (χ2v) is 5.64. The van der Waals surface area contributed by atoms with Crippen molar-refractivity contribution in [2.24, 2.45) is 0 Å². The molecule has 2 rings (SSSR count). The predicted molar refractivity (Wildman–Crippen MR) is 76.1 cm³/mol. The summed E-state index contributed by atoms with van der Waals surface area (Å²) in [6.07, 6.45) is 3.84. The fourth-order valence-corrected chi connectivity index (χ4v) is 1.98. The zero-order valence-electron chi connectivity index (χ0n) is 11.1. The van der Waals surface area contributed by atoms with E-state index in [0.29, 0.717) is 5.92 Å². The van der Waals surface area contributed by atoms with E-state index in [9.17, 15) is 0 Å². The molecule has 0 aliphatic carbocycles. The van der Waals surface area contributed by atoms with Gasteiger partial charge in [-0.1, -0.05) is 38.1 Å². The molecule has 3 heteroatoms. The number of alkyl halides is 1. The van der Waals surface area contributed by atoms with Crippen LogP contribution in [0.25, 0.3) is 0 Å². The molecule has 18 heavy (non-hydrogen) atoms. The van der Waals surface area contributed by atoms with Crippen LogP contribution in [0, 0.1) is 0 Å². The molecule has 0 spiro atoms. The zero-order chi connectivity index (χ0) is 13.1. The highest BCUT2D eigenvalue weighted by molar-refractivity contribution is 6.20. The van der Waals surface area contributed by atoms with Gasteiger partial charge in [-0.05, 0) is 24.0 Å². The molecule has 1 aromatic heterocycles. The molecule has 0 aliphatic rings. The van der Waals surface area contributed by atoms with Crippen LogP contribution in [0.3, 0.4) is 0 Å².